The molecule has 3 aromatic rings. The highest BCUT2D eigenvalue weighted by Gasteiger charge is 2.34. The van der Waals surface area contributed by atoms with Gasteiger partial charge in [-0.3, -0.25) is 9.69 Å². The van der Waals surface area contributed by atoms with Gasteiger partial charge in [0.15, 0.2) is 5.17 Å². The first-order valence-corrected chi connectivity index (χ1v) is 9.35. The first kappa shape index (κ1) is 17.7. The van der Waals surface area contributed by atoms with Crippen LogP contribution in [0.1, 0.15) is 11.3 Å². The molecule has 4 rings (SSSR count). The van der Waals surface area contributed by atoms with Crippen molar-refractivity contribution in [1.82, 2.24) is 4.98 Å². The minimum Gasteiger partial charge on any atom is -0.268 e. The summed E-state index contributed by atoms with van der Waals surface area (Å²) in [6.07, 6.45) is 3.35. The van der Waals surface area contributed by atoms with Crippen molar-refractivity contribution < 1.29 is 4.79 Å². The summed E-state index contributed by atoms with van der Waals surface area (Å²) in [6.45, 7) is 0. The normalized spacial score (nSPS) is 16.5. The highest BCUT2D eigenvalue weighted by molar-refractivity contribution is 8.19. The molecule has 0 spiro atoms. The second-order valence-electron chi connectivity index (χ2n) is 5.91. The van der Waals surface area contributed by atoms with Crippen molar-refractivity contribution in [1.29, 1.82) is 5.26 Å². The lowest BCUT2D eigenvalue weighted by Crippen LogP contribution is -2.28. The van der Waals surface area contributed by atoms with Crippen LogP contribution in [-0.4, -0.2) is 16.1 Å². The van der Waals surface area contributed by atoms with E-state index in [1.54, 1.807) is 29.3 Å². The zero-order valence-corrected chi connectivity index (χ0v) is 15.5. The van der Waals surface area contributed by atoms with E-state index in [1.807, 2.05) is 66.7 Å². The van der Waals surface area contributed by atoms with Crippen LogP contribution in [0.25, 0.3) is 6.08 Å². The van der Waals surface area contributed by atoms with Crippen LogP contribution in [0.3, 0.4) is 0 Å². The third-order valence-electron chi connectivity index (χ3n) is 4.00. The largest absolute Gasteiger partial charge is 0.271 e. The van der Waals surface area contributed by atoms with Crippen LogP contribution in [-0.2, 0) is 4.79 Å². The standard InChI is InChI=1S/C22H14N4OS/c23-14-18-12-11-16(15-24-18)13-20-21(27)26(19-9-5-2-6-10-19)22(28-20)25-17-7-3-1-4-8-17/h1-13,15H/b20-13-,25-22-. The van der Waals surface area contributed by atoms with Crippen molar-refractivity contribution >= 4 is 40.3 Å². The third kappa shape index (κ3) is 3.70. The van der Waals surface area contributed by atoms with Gasteiger partial charge in [-0.25, -0.2) is 9.98 Å². The molecule has 0 bridgehead atoms. The molecule has 0 aliphatic carbocycles. The SMILES string of the molecule is N#Cc1ccc(/C=C2\S/C(=N\c3ccccc3)N(c3ccccc3)C2=O)cn1. The molecule has 1 aliphatic rings. The molecule has 1 saturated heterocycles. The molecule has 0 radical (unpaired) electrons. The topological polar surface area (TPSA) is 69.3 Å². The van der Waals surface area contributed by atoms with Crippen LogP contribution in [0, 0.1) is 11.3 Å². The van der Waals surface area contributed by atoms with Gasteiger partial charge in [0, 0.05) is 6.20 Å². The summed E-state index contributed by atoms with van der Waals surface area (Å²) < 4.78 is 0. The average molecular weight is 382 g/mol. The predicted octanol–water partition coefficient (Wildman–Crippen LogP) is 4.76. The third-order valence-corrected chi connectivity index (χ3v) is 4.97. The molecule has 1 fully saturated rings. The minimum atomic E-state index is -0.143. The summed E-state index contributed by atoms with van der Waals surface area (Å²) in [5.41, 5.74) is 2.63. The number of amides is 1. The van der Waals surface area contributed by atoms with E-state index >= 15 is 0 Å². The maximum atomic E-state index is 13.1. The van der Waals surface area contributed by atoms with E-state index in [-0.39, 0.29) is 5.91 Å². The van der Waals surface area contributed by atoms with E-state index in [2.05, 4.69) is 9.98 Å². The molecule has 0 unspecified atom stereocenters. The number of hydrogen-bond acceptors (Lipinski definition) is 5. The van der Waals surface area contributed by atoms with Gasteiger partial charge in [-0.2, -0.15) is 5.26 Å². The maximum Gasteiger partial charge on any atom is 0.271 e. The van der Waals surface area contributed by atoms with Crippen molar-refractivity contribution in [3.05, 3.63) is 95.2 Å². The van der Waals surface area contributed by atoms with Crippen molar-refractivity contribution in [2.45, 2.75) is 0 Å². The first-order chi connectivity index (χ1) is 13.7. The summed E-state index contributed by atoms with van der Waals surface area (Å²) in [5, 5.41) is 9.47. The zero-order valence-electron chi connectivity index (χ0n) is 14.7. The molecule has 0 saturated carbocycles. The summed E-state index contributed by atoms with van der Waals surface area (Å²) in [4.78, 5) is 24.0. The molecular weight excluding hydrogens is 368 g/mol. The number of carbonyl (C=O) groups excluding carboxylic acids is 1. The number of nitriles is 1. The van der Waals surface area contributed by atoms with Gasteiger partial charge >= 0.3 is 0 Å². The Balaban J connectivity index is 1.74. The number of para-hydroxylation sites is 2. The Bertz CT molecular complexity index is 1100. The second kappa shape index (κ2) is 7.91. The quantitative estimate of drug-likeness (QED) is 0.612. The number of rotatable bonds is 3. The molecule has 0 N–H and O–H groups in total. The van der Waals surface area contributed by atoms with Crippen molar-refractivity contribution in [2.24, 2.45) is 4.99 Å². The van der Waals surface area contributed by atoms with E-state index < -0.39 is 0 Å². The number of nitrogens with zero attached hydrogens (tertiary/aromatic N) is 4. The Hall–Kier alpha value is -3.69. The molecule has 1 amide bonds. The first-order valence-electron chi connectivity index (χ1n) is 8.53. The van der Waals surface area contributed by atoms with Gasteiger partial charge in [0.2, 0.25) is 0 Å². The Morgan fingerprint density at radius 3 is 2.36 bits per heavy atom. The molecule has 6 heteroatoms. The van der Waals surface area contributed by atoms with Crippen LogP contribution < -0.4 is 4.90 Å². The number of hydrogen-bond donors (Lipinski definition) is 0. The monoisotopic (exact) mass is 382 g/mol. The number of carbonyl (C=O) groups is 1. The molecular formula is C22H14N4OS. The fourth-order valence-electron chi connectivity index (χ4n) is 2.67. The summed E-state index contributed by atoms with van der Waals surface area (Å²) in [7, 11) is 0. The van der Waals surface area contributed by atoms with E-state index in [1.165, 1.54) is 11.8 Å². The second-order valence-corrected chi connectivity index (χ2v) is 6.91. The van der Waals surface area contributed by atoms with E-state index in [0.29, 0.717) is 15.8 Å². The van der Waals surface area contributed by atoms with Crippen molar-refractivity contribution in [3.63, 3.8) is 0 Å². The lowest BCUT2D eigenvalue weighted by atomic mass is 10.2. The molecule has 2 heterocycles. The van der Waals surface area contributed by atoms with E-state index in [4.69, 9.17) is 5.26 Å². The van der Waals surface area contributed by atoms with Crippen molar-refractivity contribution in [3.8, 4) is 6.07 Å². The van der Waals surface area contributed by atoms with E-state index in [9.17, 15) is 4.79 Å². The van der Waals surface area contributed by atoms with Crippen LogP contribution >= 0.6 is 11.8 Å². The van der Waals surface area contributed by atoms with Gasteiger partial charge in [-0.05, 0) is 53.7 Å². The van der Waals surface area contributed by atoms with E-state index in [0.717, 1.165) is 16.9 Å². The van der Waals surface area contributed by atoms with Crippen molar-refractivity contribution in [2.75, 3.05) is 4.90 Å². The highest BCUT2D eigenvalue weighted by atomic mass is 32.2. The summed E-state index contributed by atoms with van der Waals surface area (Å²) in [6, 6.07) is 24.4. The summed E-state index contributed by atoms with van der Waals surface area (Å²) >= 11 is 1.32. The molecule has 1 aromatic heterocycles. The molecule has 1 aliphatic heterocycles. The lowest BCUT2D eigenvalue weighted by molar-refractivity contribution is -0.113. The Morgan fingerprint density at radius 1 is 1.00 bits per heavy atom. The molecule has 134 valence electrons. The number of aromatic nitrogens is 1. The number of pyridine rings is 1. The van der Waals surface area contributed by atoms with Crippen LogP contribution in [0.2, 0.25) is 0 Å². The molecule has 5 nitrogen and oxygen atoms in total. The number of thioether (sulfide) groups is 1. The maximum absolute atomic E-state index is 13.1. The fraction of sp³-hybridized carbons (Fsp3) is 0. The zero-order chi connectivity index (χ0) is 19.3. The minimum absolute atomic E-state index is 0.143. The van der Waals surface area contributed by atoms with Gasteiger partial charge in [-0.15, -0.1) is 0 Å². The smallest absolute Gasteiger partial charge is 0.268 e. The van der Waals surface area contributed by atoms with Gasteiger partial charge in [0.1, 0.15) is 11.8 Å². The number of anilines is 1. The Morgan fingerprint density at radius 2 is 1.71 bits per heavy atom. The van der Waals surface area contributed by atoms with Crippen LogP contribution in [0.5, 0.6) is 0 Å². The summed E-state index contributed by atoms with van der Waals surface area (Å²) in [5.74, 6) is -0.143. The van der Waals surface area contributed by atoms with Crippen LogP contribution in [0.4, 0.5) is 11.4 Å². The number of amidine groups is 1. The van der Waals surface area contributed by atoms with Crippen LogP contribution in [0.15, 0.2) is 88.9 Å². The number of benzene rings is 2. The molecule has 28 heavy (non-hydrogen) atoms. The lowest BCUT2D eigenvalue weighted by Gasteiger charge is -2.15. The number of aliphatic imine (C=N–C) groups is 1. The Kier molecular flexibility index (Phi) is 5.00. The van der Waals surface area contributed by atoms with Gasteiger partial charge in [0.25, 0.3) is 5.91 Å². The predicted molar refractivity (Wildman–Crippen MR) is 112 cm³/mol. The molecule has 0 atom stereocenters. The Labute approximate surface area is 166 Å². The van der Waals surface area contributed by atoms with Gasteiger partial charge < -0.3 is 0 Å². The highest BCUT2D eigenvalue weighted by Crippen LogP contribution is 2.37. The van der Waals surface area contributed by atoms with Gasteiger partial charge in [-0.1, -0.05) is 42.5 Å². The average Bonchev–Trinajstić information content (AvgIpc) is 3.04. The van der Waals surface area contributed by atoms with Gasteiger partial charge in [0.05, 0.1) is 16.3 Å². The molecule has 2 aromatic carbocycles. The fourth-order valence-corrected chi connectivity index (χ4v) is 3.68.